The summed E-state index contributed by atoms with van der Waals surface area (Å²) in [7, 11) is 0. The Hall–Kier alpha value is -1.69. The molecule has 1 aromatic heterocycles. The number of rotatable bonds is 7. The van der Waals surface area contributed by atoms with Crippen molar-refractivity contribution >= 4 is 30.7 Å². The van der Waals surface area contributed by atoms with E-state index in [0.29, 0.717) is 25.9 Å². The van der Waals surface area contributed by atoms with Crippen molar-refractivity contribution in [2.45, 2.75) is 44.7 Å². The first-order valence-corrected chi connectivity index (χ1v) is 9.29. The van der Waals surface area contributed by atoms with Crippen LogP contribution in [0.2, 0.25) is 0 Å². The number of benzene rings is 1. The van der Waals surface area contributed by atoms with Crippen molar-refractivity contribution in [3.8, 4) is 0 Å². The van der Waals surface area contributed by atoms with Gasteiger partial charge in [-0.25, -0.2) is 4.39 Å². The van der Waals surface area contributed by atoms with E-state index in [9.17, 15) is 9.18 Å². The molecule has 28 heavy (non-hydrogen) atoms. The highest BCUT2D eigenvalue weighted by molar-refractivity contribution is 5.85. The highest BCUT2D eigenvalue weighted by atomic mass is 35.5. The maximum absolute atomic E-state index is 13.2. The molecule has 0 bridgehead atoms. The molecule has 0 unspecified atom stereocenters. The molecule has 2 N–H and O–H groups in total. The largest absolute Gasteiger partial charge is 0.338 e. The van der Waals surface area contributed by atoms with Gasteiger partial charge in [-0.05, 0) is 48.6 Å². The second kappa shape index (κ2) is 12.0. The summed E-state index contributed by atoms with van der Waals surface area (Å²) in [6.45, 7) is 1.07. The Bertz CT molecular complexity index is 715. The molecule has 1 amide bonds. The maximum Gasteiger partial charge on any atom is 0.223 e. The minimum Gasteiger partial charge on any atom is -0.338 e. The van der Waals surface area contributed by atoms with Crippen molar-refractivity contribution < 1.29 is 9.18 Å². The van der Waals surface area contributed by atoms with Gasteiger partial charge in [-0.1, -0.05) is 24.6 Å². The normalized spacial score (nSPS) is 18.1. The molecule has 4 nitrogen and oxygen atoms in total. The van der Waals surface area contributed by atoms with Gasteiger partial charge in [0.15, 0.2) is 0 Å². The molecular formula is C21H28Cl2FN3O. The van der Waals surface area contributed by atoms with Crippen LogP contribution in [0.1, 0.15) is 36.9 Å². The summed E-state index contributed by atoms with van der Waals surface area (Å²) >= 11 is 0. The summed E-state index contributed by atoms with van der Waals surface area (Å²) in [5, 5.41) is 0. The van der Waals surface area contributed by atoms with Crippen molar-refractivity contribution in [1.82, 2.24) is 9.88 Å². The highest BCUT2D eigenvalue weighted by Crippen LogP contribution is 2.27. The fourth-order valence-electron chi connectivity index (χ4n) is 3.57. The molecule has 1 aliphatic carbocycles. The molecule has 0 spiro atoms. The standard InChI is InChI=1S/C21H26FN3O.2ClH/c22-18-9-7-16(8-10-18)15-25(13-11-19-5-1-2-12-24-19)21(26)14-17-4-3-6-20(17)23;;/h1-2,5,7-10,12,17,20H,3-4,6,11,13-15,23H2;2*1H/t17-,20+;;/m0../s1. The lowest BCUT2D eigenvalue weighted by atomic mass is 9.99. The first-order valence-electron chi connectivity index (χ1n) is 9.29. The fraction of sp³-hybridized carbons (Fsp3) is 0.429. The average molecular weight is 428 g/mol. The van der Waals surface area contributed by atoms with E-state index in [1.807, 2.05) is 23.1 Å². The quantitative estimate of drug-likeness (QED) is 0.721. The maximum atomic E-state index is 13.2. The molecule has 154 valence electrons. The molecule has 0 aliphatic heterocycles. The van der Waals surface area contributed by atoms with Gasteiger partial charge in [0, 0.05) is 43.9 Å². The Kier molecular flexibility index (Phi) is 10.4. The lowest BCUT2D eigenvalue weighted by Crippen LogP contribution is -2.36. The molecule has 0 saturated heterocycles. The van der Waals surface area contributed by atoms with Crippen molar-refractivity contribution in [2.24, 2.45) is 11.7 Å². The Morgan fingerprint density at radius 1 is 1.14 bits per heavy atom. The highest BCUT2D eigenvalue weighted by Gasteiger charge is 2.28. The van der Waals surface area contributed by atoms with E-state index in [1.54, 1.807) is 18.3 Å². The number of hydrogen-bond acceptors (Lipinski definition) is 3. The topological polar surface area (TPSA) is 59.2 Å². The van der Waals surface area contributed by atoms with Crippen molar-refractivity contribution in [2.75, 3.05) is 6.54 Å². The van der Waals surface area contributed by atoms with E-state index >= 15 is 0 Å². The molecular weight excluding hydrogens is 400 g/mol. The van der Waals surface area contributed by atoms with Gasteiger partial charge in [0.25, 0.3) is 0 Å². The number of nitrogens with two attached hydrogens (primary N) is 1. The van der Waals surface area contributed by atoms with Crippen LogP contribution in [0.3, 0.4) is 0 Å². The SMILES string of the molecule is Cl.Cl.N[C@@H]1CCC[C@H]1CC(=O)N(CCc1ccccn1)Cc1ccc(F)cc1. The van der Waals surface area contributed by atoms with Crippen LogP contribution in [0.15, 0.2) is 48.7 Å². The molecule has 1 aliphatic rings. The van der Waals surface area contributed by atoms with Crippen LogP contribution in [-0.2, 0) is 17.8 Å². The van der Waals surface area contributed by atoms with E-state index in [0.717, 1.165) is 30.5 Å². The van der Waals surface area contributed by atoms with Gasteiger partial charge in [0.1, 0.15) is 5.82 Å². The Morgan fingerprint density at radius 2 is 1.89 bits per heavy atom. The van der Waals surface area contributed by atoms with E-state index in [4.69, 9.17) is 5.73 Å². The Morgan fingerprint density at radius 3 is 2.50 bits per heavy atom. The number of nitrogens with zero attached hydrogens (tertiary/aromatic N) is 2. The van der Waals surface area contributed by atoms with E-state index in [1.165, 1.54) is 12.1 Å². The van der Waals surface area contributed by atoms with E-state index < -0.39 is 0 Å². The molecule has 1 heterocycles. The Balaban J connectivity index is 0.00000196. The second-order valence-corrected chi connectivity index (χ2v) is 7.07. The van der Waals surface area contributed by atoms with Crippen LogP contribution in [0, 0.1) is 11.7 Å². The second-order valence-electron chi connectivity index (χ2n) is 7.07. The zero-order valence-corrected chi connectivity index (χ0v) is 17.4. The number of halogens is 3. The van der Waals surface area contributed by atoms with Crippen molar-refractivity contribution in [3.05, 3.63) is 65.7 Å². The minimum atomic E-state index is -0.267. The monoisotopic (exact) mass is 427 g/mol. The molecule has 0 radical (unpaired) electrons. The zero-order valence-electron chi connectivity index (χ0n) is 15.8. The van der Waals surface area contributed by atoms with Gasteiger partial charge in [-0.3, -0.25) is 9.78 Å². The molecule has 1 saturated carbocycles. The molecule has 3 rings (SSSR count). The minimum absolute atomic E-state index is 0. The molecule has 1 fully saturated rings. The summed E-state index contributed by atoms with van der Waals surface area (Å²) in [4.78, 5) is 19.1. The summed E-state index contributed by atoms with van der Waals surface area (Å²) in [5.74, 6) is 0.123. The van der Waals surface area contributed by atoms with Gasteiger partial charge >= 0.3 is 0 Å². The zero-order chi connectivity index (χ0) is 18.4. The number of hydrogen-bond donors (Lipinski definition) is 1. The van der Waals surface area contributed by atoms with Crippen LogP contribution in [-0.4, -0.2) is 28.4 Å². The number of pyridine rings is 1. The number of amides is 1. The van der Waals surface area contributed by atoms with Gasteiger partial charge < -0.3 is 10.6 Å². The van der Waals surface area contributed by atoms with Crippen LogP contribution in [0.25, 0.3) is 0 Å². The molecule has 2 atom stereocenters. The number of aromatic nitrogens is 1. The fourth-order valence-corrected chi connectivity index (χ4v) is 3.57. The van der Waals surface area contributed by atoms with E-state index in [-0.39, 0.29) is 48.5 Å². The van der Waals surface area contributed by atoms with Gasteiger partial charge in [-0.15, -0.1) is 24.8 Å². The summed E-state index contributed by atoms with van der Waals surface area (Å²) in [6.07, 6.45) is 6.08. The van der Waals surface area contributed by atoms with Crippen molar-refractivity contribution in [1.29, 1.82) is 0 Å². The Labute approximate surface area is 178 Å². The number of carbonyl (C=O) groups excluding carboxylic acids is 1. The van der Waals surface area contributed by atoms with Crippen LogP contribution in [0.5, 0.6) is 0 Å². The smallest absolute Gasteiger partial charge is 0.223 e. The van der Waals surface area contributed by atoms with Gasteiger partial charge in [0.2, 0.25) is 5.91 Å². The third-order valence-corrected chi connectivity index (χ3v) is 5.16. The molecule has 2 aromatic rings. The van der Waals surface area contributed by atoms with Crippen LogP contribution in [0.4, 0.5) is 4.39 Å². The summed E-state index contributed by atoms with van der Waals surface area (Å²) < 4.78 is 13.2. The third kappa shape index (κ3) is 7.04. The van der Waals surface area contributed by atoms with Gasteiger partial charge in [0.05, 0.1) is 0 Å². The first kappa shape index (κ1) is 24.3. The predicted octanol–water partition coefficient (Wildman–Crippen LogP) is 4.15. The third-order valence-electron chi connectivity index (χ3n) is 5.16. The van der Waals surface area contributed by atoms with Crippen LogP contribution >= 0.6 is 24.8 Å². The lowest BCUT2D eigenvalue weighted by Gasteiger charge is -2.25. The van der Waals surface area contributed by atoms with Gasteiger partial charge in [-0.2, -0.15) is 0 Å². The first-order chi connectivity index (χ1) is 12.6. The van der Waals surface area contributed by atoms with E-state index in [2.05, 4.69) is 4.98 Å². The summed E-state index contributed by atoms with van der Waals surface area (Å²) in [6, 6.07) is 12.3. The molecule has 7 heteroatoms. The van der Waals surface area contributed by atoms with Crippen LogP contribution < -0.4 is 5.73 Å². The summed E-state index contributed by atoms with van der Waals surface area (Å²) in [5.41, 5.74) is 8.03. The average Bonchev–Trinajstić information content (AvgIpc) is 3.05. The van der Waals surface area contributed by atoms with Crippen molar-refractivity contribution in [3.63, 3.8) is 0 Å². The number of carbonyl (C=O) groups is 1. The molecule has 1 aromatic carbocycles. The predicted molar refractivity (Wildman–Crippen MR) is 114 cm³/mol. The lowest BCUT2D eigenvalue weighted by molar-refractivity contribution is -0.132.